The normalized spacial score (nSPS) is 16.8. The first-order chi connectivity index (χ1) is 12.5. The summed E-state index contributed by atoms with van der Waals surface area (Å²) in [5, 5.41) is 19.7. The standard InChI is InChI=1S/C18H18N6OS/c1-10-16(11(2)23-22-10)12-3-4-15-14(7-12)20-18(26-15)21-17(25)13-5-6-24(8-13)9-19/h3-4,7,13H,5-6,8H2,1-2H3,(H,22,23)(H,20,21,25)/t13-/m0/s1. The van der Waals surface area contributed by atoms with Gasteiger partial charge >= 0.3 is 0 Å². The summed E-state index contributed by atoms with van der Waals surface area (Å²) in [5.74, 6) is -0.225. The highest BCUT2D eigenvalue weighted by molar-refractivity contribution is 7.22. The molecule has 0 saturated carbocycles. The van der Waals surface area contributed by atoms with Gasteiger partial charge in [0.05, 0.1) is 21.8 Å². The van der Waals surface area contributed by atoms with Gasteiger partial charge < -0.3 is 10.2 Å². The second-order valence-corrected chi connectivity index (χ2v) is 7.56. The van der Waals surface area contributed by atoms with Crippen molar-refractivity contribution >= 4 is 32.6 Å². The molecule has 1 aromatic carbocycles. The molecule has 3 aromatic rings. The highest BCUT2D eigenvalue weighted by Gasteiger charge is 2.28. The minimum absolute atomic E-state index is 0.0662. The van der Waals surface area contributed by atoms with E-state index in [9.17, 15) is 4.79 Å². The van der Waals surface area contributed by atoms with Crippen molar-refractivity contribution < 1.29 is 4.79 Å². The topological polar surface area (TPSA) is 97.7 Å². The van der Waals surface area contributed by atoms with Crippen molar-refractivity contribution in [3.05, 3.63) is 29.6 Å². The maximum absolute atomic E-state index is 12.4. The number of fused-ring (bicyclic) bond motifs is 1. The van der Waals surface area contributed by atoms with Crippen LogP contribution >= 0.6 is 11.3 Å². The minimum Gasteiger partial charge on any atom is -0.310 e. The van der Waals surface area contributed by atoms with Crippen LogP contribution in [0.2, 0.25) is 0 Å². The Bertz CT molecular complexity index is 1010. The van der Waals surface area contributed by atoms with E-state index < -0.39 is 0 Å². The van der Waals surface area contributed by atoms with E-state index in [1.165, 1.54) is 11.3 Å². The van der Waals surface area contributed by atoms with Crippen molar-refractivity contribution in [3.8, 4) is 17.3 Å². The lowest BCUT2D eigenvalue weighted by molar-refractivity contribution is -0.119. The molecule has 0 bridgehead atoms. The Morgan fingerprint density at radius 1 is 1.46 bits per heavy atom. The lowest BCUT2D eigenvalue weighted by Gasteiger charge is -2.08. The maximum atomic E-state index is 12.4. The Morgan fingerprint density at radius 3 is 3.00 bits per heavy atom. The molecule has 1 amide bonds. The molecule has 8 heteroatoms. The molecule has 1 fully saturated rings. The van der Waals surface area contributed by atoms with Crippen LogP contribution in [-0.4, -0.2) is 39.1 Å². The zero-order valence-corrected chi connectivity index (χ0v) is 15.4. The van der Waals surface area contributed by atoms with Crippen LogP contribution in [0.15, 0.2) is 18.2 Å². The monoisotopic (exact) mass is 366 g/mol. The molecule has 2 N–H and O–H groups in total. The number of nitriles is 1. The predicted octanol–water partition coefficient (Wildman–Crippen LogP) is 3.04. The molecule has 1 saturated heterocycles. The molecular weight excluding hydrogens is 348 g/mol. The quantitative estimate of drug-likeness (QED) is 0.694. The molecule has 2 aromatic heterocycles. The number of benzene rings is 1. The van der Waals surface area contributed by atoms with Gasteiger partial charge in [0.1, 0.15) is 0 Å². The van der Waals surface area contributed by atoms with E-state index in [2.05, 4.69) is 32.8 Å². The number of aryl methyl sites for hydroxylation is 2. The molecule has 1 aliphatic rings. The SMILES string of the molecule is Cc1n[nH]c(C)c1-c1ccc2sc(NC(=O)[C@H]3CCN(C#N)C3)nc2c1. The first kappa shape index (κ1) is 16.5. The van der Waals surface area contributed by atoms with Gasteiger partial charge in [0.15, 0.2) is 11.3 Å². The van der Waals surface area contributed by atoms with Crippen LogP contribution in [0.5, 0.6) is 0 Å². The second kappa shape index (κ2) is 6.42. The Hall–Kier alpha value is -2.92. The number of H-pyrrole nitrogens is 1. The lowest BCUT2D eigenvalue weighted by atomic mass is 10.0. The Morgan fingerprint density at radius 2 is 2.31 bits per heavy atom. The number of amides is 1. The van der Waals surface area contributed by atoms with Gasteiger partial charge in [-0.05, 0) is 38.0 Å². The molecule has 4 rings (SSSR count). The molecule has 26 heavy (non-hydrogen) atoms. The number of aromatic nitrogens is 3. The number of nitrogens with one attached hydrogen (secondary N) is 2. The predicted molar refractivity (Wildman–Crippen MR) is 101 cm³/mol. The van der Waals surface area contributed by atoms with Crippen LogP contribution in [0.3, 0.4) is 0 Å². The Balaban J connectivity index is 1.57. The maximum Gasteiger partial charge on any atom is 0.231 e. The van der Waals surface area contributed by atoms with Crippen LogP contribution in [0, 0.1) is 31.2 Å². The van der Waals surface area contributed by atoms with E-state index in [1.54, 1.807) is 4.90 Å². The zero-order valence-electron chi connectivity index (χ0n) is 14.5. The smallest absolute Gasteiger partial charge is 0.231 e. The number of aromatic amines is 1. The summed E-state index contributed by atoms with van der Waals surface area (Å²) in [6.45, 7) is 5.10. The lowest BCUT2D eigenvalue weighted by Crippen LogP contribution is -2.25. The molecule has 0 radical (unpaired) electrons. The number of carbonyl (C=O) groups is 1. The molecule has 132 valence electrons. The summed E-state index contributed by atoms with van der Waals surface area (Å²) < 4.78 is 1.02. The number of rotatable bonds is 3. The summed E-state index contributed by atoms with van der Waals surface area (Å²) in [5.41, 5.74) is 4.98. The molecular formula is C18H18N6OS. The molecule has 0 spiro atoms. The summed E-state index contributed by atoms with van der Waals surface area (Å²) in [6.07, 6.45) is 2.80. The van der Waals surface area contributed by atoms with E-state index in [1.807, 2.05) is 26.0 Å². The number of likely N-dealkylation sites (tertiary alicyclic amines) is 1. The van der Waals surface area contributed by atoms with Crippen molar-refractivity contribution in [2.24, 2.45) is 5.92 Å². The average Bonchev–Trinajstić information content (AvgIpc) is 3.32. The number of hydrogen-bond acceptors (Lipinski definition) is 6. The van der Waals surface area contributed by atoms with Crippen LogP contribution in [-0.2, 0) is 4.79 Å². The average molecular weight is 366 g/mol. The third kappa shape index (κ3) is 2.91. The summed E-state index contributed by atoms with van der Waals surface area (Å²) >= 11 is 1.46. The molecule has 0 unspecified atom stereocenters. The van der Waals surface area contributed by atoms with Gasteiger partial charge in [-0.15, -0.1) is 0 Å². The first-order valence-electron chi connectivity index (χ1n) is 8.43. The Labute approximate surface area is 154 Å². The van der Waals surface area contributed by atoms with Crippen molar-refractivity contribution in [1.29, 1.82) is 5.26 Å². The van der Waals surface area contributed by atoms with Gasteiger partial charge in [0.2, 0.25) is 5.91 Å². The van der Waals surface area contributed by atoms with Gasteiger partial charge in [0.25, 0.3) is 0 Å². The van der Waals surface area contributed by atoms with E-state index >= 15 is 0 Å². The third-order valence-corrected chi connectivity index (χ3v) is 5.69. The molecule has 0 aliphatic carbocycles. The van der Waals surface area contributed by atoms with Gasteiger partial charge in [-0.2, -0.15) is 10.4 Å². The van der Waals surface area contributed by atoms with Crippen LogP contribution in [0.1, 0.15) is 17.8 Å². The number of nitrogens with zero attached hydrogens (tertiary/aromatic N) is 4. The minimum atomic E-state index is -0.159. The van der Waals surface area contributed by atoms with Crippen molar-refractivity contribution in [3.63, 3.8) is 0 Å². The van der Waals surface area contributed by atoms with E-state index in [0.29, 0.717) is 24.6 Å². The van der Waals surface area contributed by atoms with E-state index in [4.69, 9.17) is 5.26 Å². The largest absolute Gasteiger partial charge is 0.310 e. The number of thiazole rings is 1. The van der Waals surface area contributed by atoms with E-state index in [0.717, 1.165) is 32.7 Å². The fourth-order valence-electron chi connectivity index (χ4n) is 3.39. The third-order valence-electron chi connectivity index (χ3n) is 4.73. The second-order valence-electron chi connectivity index (χ2n) is 6.53. The van der Waals surface area contributed by atoms with Gasteiger partial charge in [-0.25, -0.2) is 4.98 Å². The number of anilines is 1. The fourth-order valence-corrected chi connectivity index (χ4v) is 4.23. The Kier molecular flexibility index (Phi) is 4.09. The highest BCUT2D eigenvalue weighted by Crippen LogP contribution is 2.32. The van der Waals surface area contributed by atoms with Gasteiger partial charge in [-0.1, -0.05) is 17.4 Å². The number of carbonyl (C=O) groups excluding carboxylic acids is 1. The molecule has 3 heterocycles. The highest BCUT2D eigenvalue weighted by atomic mass is 32.1. The van der Waals surface area contributed by atoms with Crippen LogP contribution in [0.4, 0.5) is 5.13 Å². The molecule has 1 aliphatic heterocycles. The number of hydrogen-bond donors (Lipinski definition) is 2. The van der Waals surface area contributed by atoms with Crippen LogP contribution < -0.4 is 5.32 Å². The zero-order chi connectivity index (χ0) is 18.3. The summed E-state index contributed by atoms with van der Waals surface area (Å²) in [6, 6.07) is 6.11. The summed E-state index contributed by atoms with van der Waals surface area (Å²) in [7, 11) is 0. The fraction of sp³-hybridized carbons (Fsp3) is 0.333. The summed E-state index contributed by atoms with van der Waals surface area (Å²) in [4.78, 5) is 18.6. The van der Waals surface area contributed by atoms with Crippen molar-refractivity contribution in [2.75, 3.05) is 18.4 Å². The van der Waals surface area contributed by atoms with E-state index in [-0.39, 0.29) is 11.8 Å². The van der Waals surface area contributed by atoms with Gasteiger partial charge in [0, 0.05) is 24.3 Å². The van der Waals surface area contributed by atoms with Crippen molar-refractivity contribution in [2.45, 2.75) is 20.3 Å². The molecule has 7 nitrogen and oxygen atoms in total. The molecule has 1 atom stereocenters. The van der Waals surface area contributed by atoms with Crippen molar-refractivity contribution in [1.82, 2.24) is 20.1 Å². The van der Waals surface area contributed by atoms with Gasteiger partial charge in [-0.3, -0.25) is 9.89 Å². The van der Waals surface area contributed by atoms with Crippen LogP contribution in [0.25, 0.3) is 21.3 Å². The first-order valence-corrected chi connectivity index (χ1v) is 9.25.